The number of aliphatic carboxylic acids is 1. The molecule has 1 aliphatic rings. The van der Waals surface area contributed by atoms with Crippen LogP contribution in [0.1, 0.15) is 24.7 Å². The third-order valence-electron chi connectivity index (χ3n) is 3.55. The Hall–Kier alpha value is -2.44. The van der Waals surface area contributed by atoms with Crippen LogP contribution in [0.5, 0.6) is 0 Å². The van der Waals surface area contributed by atoms with E-state index in [-0.39, 0.29) is 5.92 Å². The highest BCUT2D eigenvalue weighted by Crippen LogP contribution is 2.34. The van der Waals surface area contributed by atoms with Crippen LogP contribution in [-0.4, -0.2) is 30.8 Å². The monoisotopic (exact) mass is 274 g/mol. The fourth-order valence-electron chi connectivity index (χ4n) is 2.42. The summed E-state index contributed by atoms with van der Waals surface area (Å²) < 4.78 is 7.05. The maximum absolute atomic E-state index is 11.3. The first kappa shape index (κ1) is 12.6. The van der Waals surface area contributed by atoms with E-state index in [0.717, 1.165) is 5.69 Å². The highest BCUT2D eigenvalue weighted by molar-refractivity contribution is 5.71. The van der Waals surface area contributed by atoms with Crippen LogP contribution >= 0.6 is 0 Å². The third kappa shape index (κ3) is 2.11. The van der Waals surface area contributed by atoms with Crippen molar-refractivity contribution in [2.75, 3.05) is 0 Å². The van der Waals surface area contributed by atoms with Gasteiger partial charge in [-0.1, -0.05) is 17.3 Å². The molecule has 0 fully saturated rings. The molecular formula is C13H14N4O3. The van der Waals surface area contributed by atoms with Crippen LogP contribution in [0.25, 0.3) is 11.5 Å². The Labute approximate surface area is 114 Å². The van der Waals surface area contributed by atoms with Gasteiger partial charge in [0, 0.05) is 7.05 Å². The Morgan fingerprint density at radius 2 is 2.25 bits per heavy atom. The zero-order valence-corrected chi connectivity index (χ0v) is 10.9. The average Bonchev–Trinajstić information content (AvgIpc) is 3.07. The molecule has 1 aliphatic carbocycles. The normalized spacial score (nSPS) is 22.1. The highest BCUT2D eigenvalue weighted by Gasteiger charge is 2.34. The number of carbonyl (C=O) groups is 1. The molecule has 2 atom stereocenters. The van der Waals surface area contributed by atoms with Crippen molar-refractivity contribution in [3.05, 3.63) is 30.6 Å². The molecule has 0 amide bonds. The second-order valence-corrected chi connectivity index (χ2v) is 4.84. The van der Waals surface area contributed by atoms with Crippen LogP contribution in [0.15, 0.2) is 29.2 Å². The van der Waals surface area contributed by atoms with E-state index in [1.807, 2.05) is 19.2 Å². The first-order valence-electron chi connectivity index (χ1n) is 6.35. The van der Waals surface area contributed by atoms with Gasteiger partial charge in [0.25, 0.3) is 0 Å². The topological polar surface area (TPSA) is 94.0 Å². The van der Waals surface area contributed by atoms with Crippen molar-refractivity contribution >= 4 is 5.97 Å². The van der Waals surface area contributed by atoms with Crippen molar-refractivity contribution in [2.24, 2.45) is 13.0 Å². The molecular weight excluding hydrogens is 260 g/mol. The van der Waals surface area contributed by atoms with E-state index in [9.17, 15) is 9.90 Å². The molecule has 3 rings (SSSR count). The Bertz CT molecular complexity index is 658. The van der Waals surface area contributed by atoms with E-state index in [0.29, 0.717) is 24.6 Å². The van der Waals surface area contributed by atoms with E-state index in [1.165, 1.54) is 0 Å². The molecule has 0 saturated heterocycles. The fraction of sp³-hybridized carbons (Fsp3) is 0.385. The lowest BCUT2D eigenvalue weighted by molar-refractivity contribution is -0.142. The van der Waals surface area contributed by atoms with Crippen LogP contribution in [-0.2, 0) is 11.8 Å². The van der Waals surface area contributed by atoms with Crippen LogP contribution < -0.4 is 0 Å². The summed E-state index contributed by atoms with van der Waals surface area (Å²) in [6.07, 6.45) is 8.22. The molecule has 2 heterocycles. The number of allylic oxidation sites excluding steroid dienone is 2. The first-order valence-corrected chi connectivity index (χ1v) is 6.35. The summed E-state index contributed by atoms with van der Waals surface area (Å²) in [4.78, 5) is 19.6. The van der Waals surface area contributed by atoms with Gasteiger partial charge in [-0.25, -0.2) is 4.98 Å². The van der Waals surface area contributed by atoms with Gasteiger partial charge in [0.05, 0.1) is 24.4 Å². The van der Waals surface area contributed by atoms with E-state index in [1.54, 1.807) is 17.1 Å². The molecule has 104 valence electrons. The number of imidazole rings is 1. The van der Waals surface area contributed by atoms with E-state index < -0.39 is 11.9 Å². The fourth-order valence-corrected chi connectivity index (χ4v) is 2.42. The minimum atomic E-state index is -0.834. The number of aromatic nitrogens is 4. The van der Waals surface area contributed by atoms with Crippen molar-refractivity contribution in [2.45, 2.75) is 18.8 Å². The maximum Gasteiger partial charge on any atom is 0.307 e. The Morgan fingerprint density at radius 1 is 1.45 bits per heavy atom. The molecule has 0 saturated carbocycles. The molecule has 1 N–H and O–H groups in total. The molecule has 2 aromatic rings. The smallest absolute Gasteiger partial charge is 0.307 e. The minimum Gasteiger partial charge on any atom is -0.481 e. The Morgan fingerprint density at radius 3 is 2.95 bits per heavy atom. The number of nitrogens with zero attached hydrogens (tertiary/aromatic N) is 4. The van der Waals surface area contributed by atoms with Gasteiger partial charge in [0.1, 0.15) is 5.69 Å². The zero-order valence-electron chi connectivity index (χ0n) is 10.9. The minimum absolute atomic E-state index is 0.271. The summed E-state index contributed by atoms with van der Waals surface area (Å²) in [6.45, 7) is 0. The second-order valence-electron chi connectivity index (χ2n) is 4.84. The van der Waals surface area contributed by atoms with Crippen molar-refractivity contribution in [3.63, 3.8) is 0 Å². The van der Waals surface area contributed by atoms with Crippen molar-refractivity contribution in [1.82, 2.24) is 19.7 Å². The molecule has 0 bridgehead atoms. The van der Waals surface area contributed by atoms with Gasteiger partial charge in [-0.15, -0.1) is 0 Å². The SMILES string of the molecule is Cn1cncc1-c1noc([C@@H]2CC=CC[C@@H]2C(=O)O)n1. The van der Waals surface area contributed by atoms with E-state index in [2.05, 4.69) is 15.1 Å². The Balaban J connectivity index is 1.91. The van der Waals surface area contributed by atoms with Crippen molar-refractivity contribution in [1.29, 1.82) is 0 Å². The summed E-state index contributed by atoms with van der Waals surface area (Å²) in [7, 11) is 1.84. The zero-order chi connectivity index (χ0) is 14.1. The highest BCUT2D eigenvalue weighted by atomic mass is 16.5. The molecule has 0 spiro atoms. The van der Waals surface area contributed by atoms with Gasteiger partial charge in [-0.05, 0) is 12.8 Å². The molecule has 2 aromatic heterocycles. The van der Waals surface area contributed by atoms with Crippen LogP contribution in [0.2, 0.25) is 0 Å². The summed E-state index contributed by atoms with van der Waals surface area (Å²) in [5.74, 6) is -0.817. The number of carboxylic acid groups (broad SMARTS) is 1. The number of rotatable bonds is 3. The van der Waals surface area contributed by atoms with E-state index in [4.69, 9.17) is 4.52 Å². The van der Waals surface area contributed by atoms with Gasteiger partial charge in [0.2, 0.25) is 11.7 Å². The summed E-state index contributed by atoms with van der Waals surface area (Å²) >= 11 is 0. The predicted octanol–water partition coefficient (Wildman–Crippen LogP) is 1.60. The summed E-state index contributed by atoms with van der Waals surface area (Å²) in [6, 6.07) is 0. The number of hydrogen-bond donors (Lipinski definition) is 1. The van der Waals surface area contributed by atoms with E-state index >= 15 is 0 Å². The molecule has 20 heavy (non-hydrogen) atoms. The molecule has 7 nitrogen and oxygen atoms in total. The molecule has 0 unspecified atom stereocenters. The average molecular weight is 274 g/mol. The summed E-state index contributed by atoms with van der Waals surface area (Å²) in [5, 5.41) is 13.2. The second kappa shape index (κ2) is 4.92. The Kier molecular flexibility index (Phi) is 3.09. The quantitative estimate of drug-likeness (QED) is 0.854. The van der Waals surface area contributed by atoms with Gasteiger partial charge in [0.15, 0.2) is 0 Å². The summed E-state index contributed by atoms with van der Waals surface area (Å²) in [5.41, 5.74) is 0.734. The lowest BCUT2D eigenvalue weighted by Gasteiger charge is -2.21. The lowest BCUT2D eigenvalue weighted by atomic mass is 9.83. The largest absolute Gasteiger partial charge is 0.481 e. The van der Waals surface area contributed by atoms with Crippen molar-refractivity contribution < 1.29 is 14.4 Å². The standard InChI is InChI=1S/C13H14N4O3/c1-17-7-14-6-10(17)11-15-12(20-16-11)8-4-2-3-5-9(8)13(18)19/h2-3,6-9H,4-5H2,1H3,(H,18,19)/t8-,9+/m1/s1. The van der Waals surface area contributed by atoms with Gasteiger partial charge in [-0.3, -0.25) is 4.79 Å². The molecule has 7 heteroatoms. The molecule has 0 radical (unpaired) electrons. The predicted molar refractivity (Wildman–Crippen MR) is 68.7 cm³/mol. The lowest BCUT2D eigenvalue weighted by Crippen LogP contribution is -2.23. The van der Waals surface area contributed by atoms with Crippen LogP contribution in [0, 0.1) is 5.92 Å². The van der Waals surface area contributed by atoms with Crippen LogP contribution in [0.3, 0.4) is 0 Å². The third-order valence-corrected chi connectivity index (χ3v) is 3.55. The maximum atomic E-state index is 11.3. The number of carboxylic acids is 1. The first-order chi connectivity index (χ1) is 9.66. The van der Waals surface area contributed by atoms with Gasteiger partial charge < -0.3 is 14.2 Å². The number of hydrogen-bond acceptors (Lipinski definition) is 5. The number of aryl methyl sites for hydroxylation is 1. The molecule has 0 aliphatic heterocycles. The molecule has 0 aromatic carbocycles. The van der Waals surface area contributed by atoms with Gasteiger partial charge in [-0.2, -0.15) is 4.98 Å². The van der Waals surface area contributed by atoms with Crippen LogP contribution in [0.4, 0.5) is 0 Å². The van der Waals surface area contributed by atoms with Crippen molar-refractivity contribution in [3.8, 4) is 11.5 Å². The van der Waals surface area contributed by atoms with Gasteiger partial charge >= 0.3 is 5.97 Å².